The summed E-state index contributed by atoms with van der Waals surface area (Å²) in [7, 11) is 0. The second-order valence-electron chi connectivity index (χ2n) is 12.7. The summed E-state index contributed by atoms with van der Waals surface area (Å²) in [5, 5.41) is 9.55. The first kappa shape index (κ1) is 45.2. The Morgan fingerprint density at radius 2 is 0.893 bits per heavy atom. The number of carbonyl (C=O) groups is 8. The van der Waals surface area contributed by atoms with Crippen LogP contribution in [0.2, 0.25) is 0 Å². The Bertz CT molecular complexity index is 1560. The molecule has 56 heavy (non-hydrogen) atoms. The van der Waals surface area contributed by atoms with E-state index in [1.165, 1.54) is 12.2 Å². The zero-order chi connectivity index (χ0) is 41.9. The number of hydrogen-bond donors (Lipinski definition) is 0. The predicted molar refractivity (Wildman–Crippen MR) is 177 cm³/mol. The average Bonchev–Trinajstić information content (AvgIpc) is 3.08. The number of esters is 8. The minimum Gasteiger partial charge on any atom is -0.463 e. The SMILES string of the molecule is CC(=O)OC[C@H]1O[C@H](C#N)C=C[C@@H]1[C@H]1O[C@H](COC(C)=O)[C@@H](O[C@H]2O[C@H](COC(C)=O)[C@@H](OC(C)=O)[C@H](OC(C)=O)[C@H]2OC(C)=O)[C@H](OC(C)=O)[C@H]1OC(C)=O. The van der Waals surface area contributed by atoms with Crippen LogP contribution >= 0.6 is 0 Å². The summed E-state index contributed by atoms with van der Waals surface area (Å²) in [5.41, 5.74) is 0. The number of nitrogens with zero attached hydrogens (tertiary/aromatic N) is 1. The van der Waals surface area contributed by atoms with Gasteiger partial charge in [0.1, 0.15) is 50.3 Å². The number of carbonyl (C=O) groups excluding carboxylic acids is 8. The fourth-order valence-electron chi connectivity index (χ4n) is 6.28. The van der Waals surface area contributed by atoms with E-state index in [1.54, 1.807) is 0 Å². The van der Waals surface area contributed by atoms with Gasteiger partial charge in [-0.05, 0) is 6.08 Å². The Labute approximate surface area is 320 Å². The molecule has 21 heteroatoms. The molecule has 2 saturated heterocycles. The lowest BCUT2D eigenvalue weighted by molar-refractivity contribution is -0.347. The molecule has 0 bridgehead atoms. The van der Waals surface area contributed by atoms with Gasteiger partial charge in [0.15, 0.2) is 42.9 Å². The van der Waals surface area contributed by atoms with Gasteiger partial charge in [-0.1, -0.05) is 6.08 Å². The van der Waals surface area contributed by atoms with Crippen LogP contribution in [0, 0.1) is 17.2 Å². The van der Waals surface area contributed by atoms with Crippen molar-refractivity contribution in [2.45, 2.75) is 129 Å². The molecule has 3 aliphatic heterocycles. The van der Waals surface area contributed by atoms with Crippen molar-refractivity contribution in [3.05, 3.63) is 12.2 Å². The zero-order valence-corrected chi connectivity index (χ0v) is 31.9. The minimum atomic E-state index is -1.86. The van der Waals surface area contributed by atoms with Crippen LogP contribution in [-0.2, 0) is 95.2 Å². The Morgan fingerprint density at radius 1 is 0.482 bits per heavy atom. The maximum Gasteiger partial charge on any atom is 0.303 e. The van der Waals surface area contributed by atoms with Crippen molar-refractivity contribution >= 4 is 47.8 Å². The molecule has 2 fully saturated rings. The van der Waals surface area contributed by atoms with Crippen LogP contribution in [0.5, 0.6) is 0 Å². The second kappa shape index (κ2) is 20.7. The van der Waals surface area contributed by atoms with Gasteiger partial charge in [0, 0.05) is 61.3 Å². The van der Waals surface area contributed by atoms with E-state index in [0.717, 1.165) is 55.4 Å². The van der Waals surface area contributed by atoms with E-state index in [0.29, 0.717) is 0 Å². The van der Waals surface area contributed by atoms with E-state index in [2.05, 4.69) is 0 Å². The molecule has 0 N–H and O–H groups in total. The van der Waals surface area contributed by atoms with Gasteiger partial charge in [-0.25, -0.2) is 0 Å². The molecule has 3 aliphatic rings. The highest BCUT2D eigenvalue weighted by atomic mass is 16.8. The third-order valence-electron chi connectivity index (χ3n) is 8.18. The molecular formula is C35H45NO20. The highest BCUT2D eigenvalue weighted by Gasteiger charge is 2.59. The first-order valence-electron chi connectivity index (χ1n) is 17.3. The van der Waals surface area contributed by atoms with Gasteiger partial charge in [-0.15, -0.1) is 0 Å². The molecule has 0 aliphatic carbocycles. The molecular weight excluding hydrogens is 754 g/mol. The Hall–Kier alpha value is -5.17. The molecule has 0 amide bonds. The number of nitriles is 1. The molecule has 0 unspecified atom stereocenters. The van der Waals surface area contributed by atoms with Crippen LogP contribution in [0.15, 0.2) is 12.2 Å². The molecule has 13 atom stereocenters. The summed E-state index contributed by atoms with van der Waals surface area (Å²) < 4.78 is 68.2. The van der Waals surface area contributed by atoms with E-state index in [4.69, 9.17) is 56.8 Å². The third-order valence-corrected chi connectivity index (χ3v) is 8.18. The number of ether oxygens (including phenoxy) is 12. The normalized spacial score (nSPS) is 32.3. The average molecular weight is 800 g/mol. The second-order valence-corrected chi connectivity index (χ2v) is 12.7. The van der Waals surface area contributed by atoms with Crippen LogP contribution in [-0.4, -0.2) is 141 Å². The van der Waals surface area contributed by atoms with Crippen molar-refractivity contribution in [1.29, 1.82) is 5.26 Å². The van der Waals surface area contributed by atoms with Crippen molar-refractivity contribution in [2.24, 2.45) is 5.92 Å². The molecule has 0 aromatic rings. The standard InChI is InChI=1S/C35H45NO20/c1-15(37)45-12-25-24(10-9-23(11-36)53-25)28-31(49-19(5)41)32(50-20(6)42)30(26(54-28)13-46-16(2)38)56-35-34(52-22(8)44)33(51-21(7)43)29(48-18(4)40)27(55-35)14-47-17(3)39/h9-10,23-35H,12-14H2,1-8H3/t23-,24-,25+,26+,27+,28+,29+,30+,31-,32-,33-,34+,35+/m0/s1. The molecule has 3 rings (SSSR count). The monoisotopic (exact) mass is 799 g/mol. The highest BCUT2D eigenvalue weighted by molar-refractivity contribution is 5.69. The molecule has 310 valence electrons. The summed E-state index contributed by atoms with van der Waals surface area (Å²) in [6.45, 7) is 6.86. The molecule has 0 aromatic carbocycles. The molecule has 21 nitrogen and oxygen atoms in total. The molecule has 0 radical (unpaired) electrons. The Morgan fingerprint density at radius 3 is 1.36 bits per heavy atom. The van der Waals surface area contributed by atoms with Gasteiger partial charge in [0.2, 0.25) is 0 Å². The van der Waals surface area contributed by atoms with Crippen LogP contribution in [0.3, 0.4) is 0 Å². The van der Waals surface area contributed by atoms with Crippen molar-refractivity contribution in [3.63, 3.8) is 0 Å². The lowest BCUT2D eigenvalue weighted by Crippen LogP contribution is -2.68. The van der Waals surface area contributed by atoms with Crippen molar-refractivity contribution in [2.75, 3.05) is 19.8 Å². The van der Waals surface area contributed by atoms with Gasteiger partial charge in [-0.2, -0.15) is 5.26 Å². The third kappa shape index (κ3) is 13.0. The van der Waals surface area contributed by atoms with E-state index < -0.39 is 147 Å². The van der Waals surface area contributed by atoms with Gasteiger partial charge in [0.25, 0.3) is 0 Å². The lowest BCUT2D eigenvalue weighted by atomic mass is 9.83. The van der Waals surface area contributed by atoms with Crippen LogP contribution in [0.25, 0.3) is 0 Å². The van der Waals surface area contributed by atoms with Gasteiger partial charge in [0.05, 0.1) is 6.07 Å². The van der Waals surface area contributed by atoms with Crippen LogP contribution in [0.1, 0.15) is 55.4 Å². The molecule has 0 spiro atoms. The summed E-state index contributed by atoms with van der Waals surface area (Å²) in [6, 6.07) is 1.92. The summed E-state index contributed by atoms with van der Waals surface area (Å²) >= 11 is 0. The van der Waals surface area contributed by atoms with Crippen molar-refractivity contribution < 1.29 is 95.2 Å². The fourth-order valence-corrected chi connectivity index (χ4v) is 6.28. The van der Waals surface area contributed by atoms with Gasteiger partial charge in [-0.3, -0.25) is 38.4 Å². The van der Waals surface area contributed by atoms with Gasteiger partial charge >= 0.3 is 47.8 Å². The maximum atomic E-state index is 12.8. The van der Waals surface area contributed by atoms with E-state index in [9.17, 15) is 43.6 Å². The fraction of sp³-hybridized carbons (Fsp3) is 0.686. The zero-order valence-electron chi connectivity index (χ0n) is 31.9. The summed E-state index contributed by atoms with van der Waals surface area (Å²) in [6.07, 6.45) is -15.3. The molecule has 3 heterocycles. The summed E-state index contributed by atoms with van der Waals surface area (Å²) in [5.74, 6) is -7.81. The van der Waals surface area contributed by atoms with E-state index in [-0.39, 0.29) is 0 Å². The highest BCUT2D eigenvalue weighted by Crippen LogP contribution is 2.39. The topological polar surface area (TPSA) is 271 Å². The van der Waals surface area contributed by atoms with Crippen LogP contribution in [0.4, 0.5) is 0 Å². The summed E-state index contributed by atoms with van der Waals surface area (Å²) in [4.78, 5) is 98.3. The largest absolute Gasteiger partial charge is 0.463 e. The maximum absolute atomic E-state index is 12.8. The van der Waals surface area contributed by atoms with Gasteiger partial charge < -0.3 is 56.8 Å². The Balaban J connectivity index is 2.23. The Kier molecular flexibility index (Phi) is 16.7. The smallest absolute Gasteiger partial charge is 0.303 e. The predicted octanol–water partition coefficient (Wildman–Crippen LogP) is -0.325. The van der Waals surface area contributed by atoms with Crippen molar-refractivity contribution in [1.82, 2.24) is 0 Å². The molecule has 0 aromatic heterocycles. The van der Waals surface area contributed by atoms with E-state index >= 15 is 0 Å². The number of rotatable bonds is 14. The molecule has 0 saturated carbocycles. The lowest BCUT2D eigenvalue weighted by Gasteiger charge is -2.50. The van der Waals surface area contributed by atoms with E-state index in [1.807, 2.05) is 6.07 Å². The quantitative estimate of drug-likeness (QED) is 0.124. The first-order valence-corrected chi connectivity index (χ1v) is 17.3. The first-order chi connectivity index (χ1) is 26.3. The number of hydrogen-bond acceptors (Lipinski definition) is 21. The van der Waals surface area contributed by atoms with Crippen LogP contribution < -0.4 is 0 Å². The minimum absolute atomic E-state index is 0.396. The van der Waals surface area contributed by atoms with Crippen molar-refractivity contribution in [3.8, 4) is 6.07 Å².